The highest BCUT2D eigenvalue weighted by Crippen LogP contribution is 2.26. The first-order chi connectivity index (χ1) is 8.93. The summed E-state index contributed by atoms with van der Waals surface area (Å²) in [6.07, 6.45) is 2.27. The third-order valence-electron chi connectivity index (χ3n) is 4.22. The van der Waals surface area contributed by atoms with Crippen molar-refractivity contribution < 1.29 is 19.4 Å². The van der Waals surface area contributed by atoms with E-state index >= 15 is 0 Å². The molecule has 0 saturated carbocycles. The molecule has 0 aliphatic carbocycles. The number of nitrogens with one attached hydrogen (secondary N) is 1. The van der Waals surface area contributed by atoms with Gasteiger partial charge in [0.2, 0.25) is 0 Å². The Morgan fingerprint density at radius 1 is 1.37 bits per heavy atom. The van der Waals surface area contributed by atoms with Gasteiger partial charge in [0, 0.05) is 25.3 Å². The van der Waals surface area contributed by atoms with Crippen LogP contribution in [0.4, 0.5) is 4.79 Å². The molecule has 2 N–H and O–H groups in total. The number of nitrogens with zero attached hydrogens (tertiary/aromatic N) is 1. The van der Waals surface area contributed by atoms with Gasteiger partial charge in [-0.05, 0) is 32.1 Å². The standard InChI is InChI=1S/C13H22N2O4/c1-9-3-6-15(10(9)11(16)17)12(18)14-13(2)4-7-19-8-5-13/h9-10H,3-8H2,1-2H3,(H,14,18)(H,16,17). The molecule has 2 aliphatic heterocycles. The number of likely N-dealkylation sites (tertiary alicyclic amines) is 1. The zero-order chi connectivity index (χ0) is 14.0. The Kier molecular flexibility index (Phi) is 3.99. The van der Waals surface area contributed by atoms with Gasteiger partial charge in [0.1, 0.15) is 6.04 Å². The van der Waals surface area contributed by atoms with Gasteiger partial charge in [0.05, 0.1) is 0 Å². The number of carboxylic acids is 1. The Labute approximate surface area is 113 Å². The maximum atomic E-state index is 12.3. The lowest BCUT2D eigenvalue weighted by Crippen LogP contribution is -2.56. The highest BCUT2D eigenvalue weighted by molar-refractivity contribution is 5.84. The molecule has 6 nitrogen and oxygen atoms in total. The summed E-state index contributed by atoms with van der Waals surface area (Å²) in [7, 11) is 0. The predicted octanol–water partition coefficient (Wildman–Crippen LogP) is 1.06. The number of carboxylic acid groups (broad SMARTS) is 1. The van der Waals surface area contributed by atoms with Crippen LogP contribution in [-0.4, -0.2) is 53.3 Å². The lowest BCUT2D eigenvalue weighted by Gasteiger charge is -2.36. The summed E-state index contributed by atoms with van der Waals surface area (Å²) in [5.74, 6) is -0.914. The van der Waals surface area contributed by atoms with Crippen molar-refractivity contribution in [2.45, 2.75) is 44.7 Å². The number of carbonyl (C=O) groups excluding carboxylic acids is 1. The van der Waals surface area contributed by atoms with Crippen molar-refractivity contribution in [3.63, 3.8) is 0 Å². The van der Waals surface area contributed by atoms with Crippen LogP contribution >= 0.6 is 0 Å². The van der Waals surface area contributed by atoms with E-state index in [1.807, 2.05) is 13.8 Å². The van der Waals surface area contributed by atoms with Gasteiger partial charge < -0.3 is 20.1 Å². The third kappa shape index (κ3) is 3.00. The fourth-order valence-corrected chi connectivity index (χ4v) is 2.83. The van der Waals surface area contributed by atoms with Crippen molar-refractivity contribution in [2.75, 3.05) is 19.8 Å². The topological polar surface area (TPSA) is 78.9 Å². The average Bonchev–Trinajstić information content (AvgIpc) is 2.71. The Balaban J connectivity index is 2.01. The number of hydrogen-bond acceptors (Lipinski definition) is 3. The zero-order valence-electron chi connectivity index (χ0n) is 11.5. The first-order valence-corrected chi connectivity index (χ1v) is 6.82. The number of aliphatic carboxylic acids is 1. The van der Waals surface area contributed by atoms with Crippen molar-refractivity contribution in [1.29, 1.82) is 0 Å². The monoisotopic (exact) mass is 270 g/mol. The van der Waals surface area contributed by atoms with E-state index in [1.54, 1.807) is 0 Å². The molecule has 0 bridgehead atoms. The normalized spacial score (nSPS) is 30.1. The van der Waals surface area contributed by atoms with E-state index in [-0.39, 0.29) is 17.5 Å². The third-order valence-corrected chi connectivity index (χ3v) is 4.22. The second kappa shape index (κ2) is 5.36. The molecule has 0 aromatic heterocycles. The number of carbonyl (C=O) groups is 2. The second-order valence-electron chi connectivity index (χ2n) is 5.85. The van der Waals surface area contributed by atoms with Crippen molar-refractivity contribution >= 4 is 12.0 Å². The molecular formula is C13H22N2O4. The number of hydrogen-bond donors (Lipinski definition) is 2. The largest absolute Gasteiger partial charge is 0.480 e. The second-order valence-corrected chi connectivity index (χ2v) is 5.85. The molecular weight excluding hydrogens is 248 g/mol. The fourth-order valence-electron chi connectivity index (χ4n) is 2.83. The van der Waals surface area contributed by atoms with Gasteiger partial charge in [-0.1, -0.05) is 6.92 Å². The summed E-state index contributed by atoms with van der Waals surface area (Å²) in [5, 5.41) is 12.2. The lowest BCUT2D eigenvalue weighted by atomic mass is 9.93. The van der Waals surface area contributed by atoms with Gasteiger partial charge >= 0.3 is 12.0 Å². The van der Waals surface area contributed by atoms with E-state index in [2.05, 4.69) is 5.32 Å². The molecule has 19 heavy (non-hydrogen) atoms. The predicted molar refractivity (Wildman–Crippen MR) is 68.9 cm³/mol. The molecule has 108 valence electrons. The van der Waals surface area contributed by atoms with Gasteiger partial charge in [-0.3, -0.25) is 0 Å². The van der Waals surface area contributed by atoms with Crippen molar-refractivity contribution in [1.82, 2.24) is 10.2 Å². The van der Waals surface area contributed by atoms with E-state index in [4.69, 9.17) is 4.74 Å². The molecule has 0 aromatic carbocycles. The van der Waals surface area contributed by atoms with Gasteiger partial charge in [0.25, 0.3) is 0 Å². The Bertz CT molecular complexity index is 366. The van der Waals surface area contributed by atoms with E-state index in [0.29, 0.717) is 19.8 Å². The van der Waals surface area contributed by atoms with Crippen LogP contribution in [0.5, 0.6) is 0 Å². The Morgan fingerprint density at radius 3 is 2.58 bits per heavy atom. The molecule has 0 aromatic rings. The Morgan fingerprint density at radius 2 is 2.00 bits per heavy atom. The minimum atomic E-state index is -0.919. The molecule has 2 aliphatic rings. The lowest BCUT2D eigenvalue weighted by molar-refractivity contribution is -0.142. The number of urea groups is 1. The number of rotatable bonds is 2. The van der Waals surface area contributed by atoms with Gasteiger partial charge in [0.15, 0.2) is 0 Å². The Hall–Kier alpha value is -1.30. The smallest absolute Gasteiger partial charge is 0.326 e. The summed E-state index contributed by atoms with van der Waals surface area (Å²) < 4.78 is 5.29. The highest BCUT2D eigenvalue weighted by atomic mass is 16.5. The maximum absolute atomic E-state index is 12.3. The molecule has 0 spiro atoms. The average molecular weight is 270 g/mol. The summed E-state index contributed by atoms with van der Waals surface area (Å²) >= 11 is 0. The van der Waals surface area contributed by atoms with Crippen LogP contribution in [-0.2, 0) is 9.53 Å². The van der Waals surface area contributed by atoms with E-state index in [9.17, 15) is 14.7 Å². The van der Waals surface area contributed by atoms with Crippen molar-refractivity contribution in [2.24, 2.45) is 5.92 Å². The van der Waals surface area contributed by atoms with Crippen molar-refractivity contribution in [3.8, 4) is 0 Å². The number of amides is 2. The maximum Gasteiger partial charge on any atom is 0.326 e. The summed E-state index contributed by atoms with van der Waals surface area (Å²) in [6, 6.07) is -0.968. The quantitative estimate of drug-likeness (QED) is 0.786. The molecule has 6 heteroatoms. The van der Waals surface area contributed by atoms with Gasteiger partial charge in [-0.15, -0.1) is 0 Å². The van der Waals surface area contributed by atoms with E-state index in [0.717, 1.165) is 19.3 Å². The molecule has 0 radical (unpaired) electrons. The minimum Gasteiger partial charge on any atom is -0.480 e. The van der Waals surface area contributed by atoms with Gasteiger partial charge in [-0.2, -0.15) is 0 Å². The van der Waals surface area contributed by atoms with Crippen LogP contribution in [0.25, 0.3) is 0 Å². The molecule has 2 fully saturated rings. The van der Waals surface area contributed by atoms with Crippen LogP contribution in [0.2, 0.25) is 0 Å². The fraction of sp³-hybridized carbons (Fsp3) is 0.846. The SMILES string of the molecule is CC1CCN(C(=O)NC2(C)CCOCC2)C1C(=O)O. The van der Waals surface area contributed by atoms with E-state index in [1.165, 1.54) is 4.90 Å². The van der Waals surface area contributed by atoms with Crippen LogP contribution < -0.4 is 5.32 Å². The van der Waals surface area contributed by atoms with Gasteiger partial charge in [-0.25, -0.2) is 9.59 Å². The van der Waals surface area contributed by atoms with Crippen molar-refractivity contribution in [3.05, 3.63) is 0 Å². The molecule has 2 saturated heterocycles. The summed E-state index contributed by atoms with van der Waals surface area (Å²) in [6.45, 7) is 5.65. The molecule has 2 unspecified atom stereocenters. The summed E-state index contributed by atoms with van der Waals surface area (Å²) in [5.41, 5.74) is -0.287. The van der Waals surface area contributed by atoms with Crippen LogP contribution in [0.1, 0.15) is 33.1 Å². The summed E-state index contributed by atoms with van der Waals surface area (Å²) in [4.78, 5) is 25.0. The molecule has 2 amide bonds. The molecule has 2 atom stereocenters. The molecule has 2 rings (SSSR count). The highest BCUT2D eigenvalue weighted by Gasteiger charge is 2.41. The number of ether oxygens (including phenoxy) is 1. The van der Waals surface area contributed by atoms with Crippen LogP contribution in [0.3, 0.4) is 0 Å². The zero-order valence-corrected chi connectivity index (χ0v) is 11.5. The molecule has 2 heterocycles. The first-order valence-electron chi connectivity index (χ1n) is 6.82. The minimum absolute atomic E-state index is 0.00532. The van der Waals surface area contributed by atoms with Crippen LogP contribution in [0.15, 0.2) is 0 Å². The first kappa shape index (κ1) is 14.1. The van der Waals surface area contributed by atoms with E-state index < -0.39 is 12.0 Å². The van der Waals surface area contributed by atoms with Crippen LogP contribution in [0, 0.1) is 5.92 Å².